The number of nitrogens with zero attached hydrogens (tertiary/aromatic N) is 2. The molecule has 0 aliphatic heterocycles. The minimum absolute atomic E-state index is 0.0325. The van der Waals surface area contributed by atoms with E-state index in [9.17, 15) is 13.9 Å². The van der Waals surface area contributed by atoms with Crippen molar-refractivity contribution in [2.24, 2.45) is 0 Å². The summed E-state index contributed by atoms with van der Waals surface area (Å²) in [6, 6.07) is 0. The Labute approximate surface area is 118 Å². The van der Waals surface area contributed by atoms with Gasteiger partial charge in [-0.15, -0.1) is 0 Å². The van der Waals surface area contributed by atoms with Crippen LogP contribution in [0.5, 0.6) is 5.75 Å². The highest BCUT2D eigenvalue weighted by Gasteiger charge is 2.22. The largest absolute Gasteiger partial charge is 0.505 e. The zero-order valence-electron chi connectivity index (χ0n) is 11.2. The van der Waals surface area contributed by atoms with Crippen molar-refractivity contribution in [1.82, 2.24) is 15.2 Å². The molecule has 2 aromatic heterocycles. The second-order valence-electron chi connectivity index (χ2n) is 4.87. The van der Waals surface area contributed by atoms with E-state index in [1.807, 2.05) is 0 Å². The van der Waals surface area contributed by atoms with Crippen molar-refractivity contribution in [3.63, 3.8) is 0 Å². The van der Waals surface area contributed by atoms with Crippen molar-refractivity contribution >= 4 is 21.8 Å². The van der Waals surface area contributed by atoms with E-state index in [-0.39, 0.29) is 22.9 Å². The van der Waals surface area contributed by atoms with Gasteiger partial charge >= 0.3 is 0 Å². The Balaban J connectivity index is 2.50. The van der Waals surface area contributed by atoms with Gasteiger partial charge in [-0.25, -0.2) is 13.8 Å². The van der Waals surface area contributed by atoms with Crippen molar-refractivity contribution < 1.29 is 19.0 Å². The minimum Gasteiger partial charge on any atom is -0.505 e. The number of benzene rings is 1. The molecule has 3 N–H and O–H groups in total. The van der Waals surface area contributed by atoms with Crippen LogP contribution in [0.3, 0.4) is 0 Å². The van der Waals surface area contributed by atoms with E-state index in [1.165, 1.54) is 13.1 Å². The van der Waals surface area contributed by atoms with Gasteiger partial charge in [-0.3, -0.25) is 5.10 Å². The number of H-pyrrole nitrogens is 1. The van der Waals surface area contributed by atoms with Gasteiger partial charge in [0.25, 0.3) is 0 Å². The van der Waals surface area contributed by atoms with Gasteiger partial charge in [0, 0.05) is 28.3 Å². The highest BCUT2D eigenvalue weighted by Crippen LogP contribution is 2.37. The molecule has 0 aliphatic rings. The molecule has 0 saturated carbocycles. The SMILES string of the molecule is Cc1c(O)c(F)c2c(c(CCCO)nc3[nH]ncc32)c1F. The number of pyridine rings is 1. The van der Waals surface area contributed by atoms with Crippen LogP contribution in [-0.4, -0.2) is 32.0 Å². The quantitative estimate of drug-likeness (QED) is 0.692. The van der Waals surface area contributed by atoms with Crippen LogP contribution in [0, 0.1) is 18.6 Å². The normalized spacial score (nSPS) is 11.6. The minimum atomic E-state index is -0.886. The van der Waals surface area contributed by atoms with E-state index in [0.29, 0.717) is 29.6 Å². The zero-order chi connectivity index (χ0) is 15.1. The first-order valence-electron chi connectivity index (χ1n) is 6.49. The molecule has 3 aromatic rings. The molecular formula is C14H13F2N3O2. The summed E-state index contributed by atoms with van der Waals surface area (Å²) in [5.41, 5.74) is 0.488. The fourth-order valence-corrected chi connectivity index (χ4v) is 2.48. The lowest BCUT2D eigenvalue weighted by molar-refractivity contribution is 0.288. The van der Waals surface area contributed by atoms with E-state index >= 15 is 0 Å². The van der Waals surface area contributed by atoms with Crippen LogP contribution in [0.2, 0.25) is 0 Å². The number of aliphatic hydroxyl groups is 1. The third kappa shape index (κ3) is 1.92. The molecule has 0 spiro atoms. The number of rotatable bonds is 3. The van der Waals surface area contributed by atoms with Gasteiger partial charge in [-0.2, -0.15) is 5.10 Å². The average Bonchev–Trinajstić information content (AvgIpc) is 2.95. The monoisotopic (exact) mass is 293 g/mol. The molecule has 1 aromatic carbocycles. The molecule has 0 amide bonds. The maximum Gasteiger partial charge on any atom is 0.173 e. The first-order valence-corrected chi connectivity index (χ1v) is 6.49. The van der Waals surface area contributed by atoms with Crippen molar-refractivity contribution in [3.8, 4) is 5.75 Å². The van der Waals surface area contributed by atoms with Gasteiger partial charge < -0.3 is 10.2 Å². The summed E-state index contributed by atoms with van der Waals surface area (Å²) in [5, 5.41) is 25.4. The number of halogens is 2. The Morgan fingerprint density at radius 2 is 2.00 bits per heavy atom. The number of aromatic nitrogens is 3. The topological polar surface area (TPSA) is 82.0 Å². The van der Waals surface area contributed by atoms with Gasteiger partial charge in [0.1, 0.15) is 5.82 Å². The van der Waals surface area contributed by atoms with E-state index in [2.05, 4.69) is 15.2 Å². The molecule has 21 heavy (non-hydrogen) atoms. The van der Waals surface area contributed by atoms with Crippen LogP contribution < -0.4 is 0 Å². The fraction of sp³-hybridized carbons (Fsp3) is 0.286. The number of aromatic hydroxyl groups is 1. The van der Waals surface area contributed by atoms with Crippen LogP contribution >= 0.6 is 0 Å². The van der Waals surface area contributed by atoms with Crippen LogP contribution in [0.15, 0.2) is 6.20 Å². The predicted octanol–water partition coefficient (Wildman–Crippen LogP) is 2.33. The summed E-state index contributed by atoms with van der Waals surface area (Å²) in [5.74, 6) is -2.29. The van der Waals surface area contributed by atoms with E-state index < -0.39 is 17.4 Å². The molecule has 0 atom stereocenters. The Morgan fingerprint density at radius 1 is 1.24 bits per heavy atom. The third-order valence-electron chi connectivity index (χ3n) is 3.58. The highest BCUT2D eigenvalue weighted by atomic mass is 19.1. The lowest BCUT2D eigenvalue weighted by atomic mass is 9.99. The van der Waals surface area contributed by atoms with Gasteiger partial charge in [0.2, 0.25) is 0 Å². The molecular weight excluding hydrogens is 280 g/mol. The van der Waals surface area contributed by atoms with Crippen molar-refractivity contribution in [2.75, 3.05) is 6.61 Å². The van der Waals surface area contributed by atoms with Gasteiger partial charge in [-0.1, -0.05) is 0 Å². The number of aliphatic hydroxyl groups excluding tert-OH is 1. The van der Waals surface area contributed by atoms with Crippen LogP contribution in [0.4, 0.5) is 8.78 Å². The number of hydrogen-bond acceptors (Lipinski definition) is 4. The maximum absolute atomic E-state index is 14.5. The molecule has 0 fully saturated rings. The first-order chi connectivity index (χ1) is 10.1. The number of aromatic amines is 1. The Hall–Kier alpha value is -2.28. The standard InChI is InChI=1S/C14H13F2N3O2/c1-6-11(15)10-8(3-2-4-20)18-14-7(5-17-19-14)9(10)12(16)13(6)21/h5,20-21H,2-4H2,1H3,(H,17,18,19). The van der Waals surface area contributed by atoms with Crippen LogP contribution in [-0.2, 0) is 6.42 Å². The lowest BCUT2D eigenvalue weighted by Gasteiger charge is -2.12. The first kappa shape index (κ1) is 13.7. The molecule has 0 unspecified atom stereocenters. The average molecular weight is 293 g/mol. The molecule has 5 nitrogen and oxygen atoms in total. The Kier molecular flexibility index (Phi) is 3.21. The lowest BCUT2D eigenvalue weighted by Crippen LogP contribution is -2.01. The van der Waals surface area contributed by atoms with E-state index in [0.717, 1.165) is 0 Å². The Bertz CT molecular complexity index is 845. The number of phenolic OH excluding ortho intramolecular Hbond substituents is 1. The number of phenols is 1. The third-order valence-corrected chi connectivity index (χ3v) is 3.58. The molecule has 3 rings (SSSR count). The number of hydrogen-bond donors (Lipinski definition) is 3. The van der Waals surface area contributed by atoms with Crippen molar-refractivity contribution in [3.05, 3.63) is 29.1 Å². The molecule has 0 bridgehead atoms. The van der Waals surface area contributed by atoms with Crippen LogP contribution in [0.25, 0.3) is 21.8 Å². The number of fused-ring (bicyclic) bond motifs is 3. The molecule has 2 heterocycles. The van der Waals surface area contributed by atoms with Gasteiger partial charge in [0.05, 0.1) is 11.9 Å². The maximum atomic E-state index is 14.5. The second kappa shape index (κ2) is 4.92. The fourth-order valence-electron chi connectivity index (χ4n) is 2.48. The van der Waals surface area contributed by atoms with Crippen molar-refractivity contribution in [2.45, 2.75) is 19.8 Å². The Morgan fingerprint density at radius 3 is 2.71 bits per heavy atom. The second-order valence-corrected chi connectivity index (χ2v) is 4.87. The molecule has 7 heteroatoms. The molecule has 0 saturated heterocycles. The predicted molar refractivity (Wildman–Crippen MR) is 73.1 cm³/mol. The molecule has 110 valence electrons. The number of nitrogens with one attached hydrogen (secondary N) is 1. The highest BCUT2D eigenvalue weighted by molar-refractivity contribution is 6.07. The van der Waals surface area contributed by atoms with Crippen LogP contribution in [0.1, 0.15) is 17.7 Å². The molecule has 0 aliphatic carbocycles. The summed E-state index contributed by atoms with van der Waals surface area (Å²) >= 11 is 0. The summed E-state index contributed by atoms with van der Waals surface area (Å²) in [7, 11) is 0. The van der Waals surface area contributed by atoms with Gasteiger partial charge in [-0.05, 0) is 19.8 Å². The summed E-state index contributed by atoms with van der Waals surface area (Å²) in [6.45, 7) is 1.23. The summed E-state index contributed by atoms with van der Waals surface area (Å²) in [4.78, 5) is 4.26. The summed E-state index contributed by atoms with van der Waals surface area (Å²) < 4.78 is 28.9. The summed E-state index contributed by atoms with van der Waals surface area (Å²) in [6.07, 6.45) is 2.02. The van der Waals surface area contributed by atoms with E-state index in [4.69, 9.17) is 5.11 Å². The van der Waals surface area contributed by atoms with Crippen molar-refractivity contribution in [1.29, 1.82) is 0 Å². The number of aryl methyl sites for hydroxylation is 1. The molecule has 0 radical (unpaired) electrons. The zero-order valence-corrected chi connectivity index (χ0v) is 11.2. The van der Waals surface area contributed by atoms with E-state index in [1.54, 1.807) is 0 Å². The van der Waals surface area contributed by atoms with Gasteiger partial charge in [0.15, 0.2) is 17.2 Å². The smallest absolute Gasteiger partial charge is 0.173 e.